The number of fused-ring (bicyclic) bond motifs is 1. The van der Waals surface area contributed by atoms with Gasteiger partial charge in [0.05, 0.1) is 6.61 Å². The van der Waals surface area contributed by atoms with Crippen molar-refractivity contribution in [2.24, 2.45) is 0 Å². The smallest absolute Gasteiger partial charge is 0.145 e. The average molecular weight is 280 g/mol. The van der Waals surface area contributed by atoms with Gasteiger partial charge in [-0.05, 0) is 24.6 Å². The summed E-state index contributed by atoms with van der Waals surface area (Å²) in [4.78, 5) is 4.37. The number of hydrogen-bond acceptors (Lipinski definition) is 2. The molecule has 2 aromatic rings. The summed E-state index contributed by atoms with van der Waals surface area (Å²) in [6, 6.07) is 7.95. The molecule has 0 radical (unpaired) electrons. The van der Waals surface area contributed by atoms with E-state index in [1.54, 1.807) is 6.20 Å². The van der Waals surface area contributed by atoms with Crippen molar-refractivity contribution >= 4 is 26.8 Å². The van der Waals surface area contributed by atoms with Gasteiger partial charge in [0.2, 0.25) is 0 Å². The zero-order chi connectivity index (χ0) is 11.4. The minimum Gasteiger partial charge on any atom is -0.491 e. The molecule has 2 rings (SSSR count). The molecule has 0 bridgehead atoms. The molecule has 0 amide bonds. The normalized spacial score (nSPS) is 10.6. The lowest BCUT2D eigenvalue weighted by atomic mass is 10.2. The highest BCUT2D eigenvalue weighted by atomic mass is 79.9. The maximum absolute atomic E-state index is 5.73. The number of halogens is 1. The molecule has 1 aromatic heterocycles. The molecule has 1 heterocycles. The number of nitrogens with zero attached hydrogens (tertiary/aromatic N) is 1. The number of hydrogen-bond donors (Lipinski definition) is 0. The van der Waals surface area contributed by atoms with Crippen molar-refractivity contribution in [3.8, 4) is 5.75 Å². The van der Waals surface area contributed by atoms with E-state index in [-0.39, 0.29) is 0 Å². The number of ether oxygens (including phenoxy) is 1. The fourth-order valence-corrected chi connectivity index (χ4v) is 2.01. The summed E-state index contributed by atoms with van der Waals surface area (Å²) in [6.45, 7) is 2.91. The van der Waals surface area contributed by atoms with Crippen molar-refractivity contribution in [2.45, 2.75) is 19.8 Å². The van der Waals surface area contributed by atoms with Gasteiger partial charge in [0, 0.05) is 16.1 Å². The Hall–Kier alpha value is -1.09. The highest BCUT2D eigenvalue weighted by Gasteiger charge is 2.05. The lowest BCUT2D eigenvalue weighted by molar-refractivity contribution is 0.312. The monoisotopic (exact) mass is 279 g/mol. The van der Waals surface area contributed by atoms with Crippen LogP contribution in [0.2, 0.25) is 0 Å². The quantitative estimate of drug-likeness (QED) is 0.784. The average Bonchev–Trinajstić information content (AvgIpc) is 2.33. The van der Waals surface area contributed by atoms with E-state index in [1.807, 2.05) is 24.3 Å². The van der Waals surface area contributed by atoms with Gasteiger partial charge in [0.1, 0.15) is 11.3 Å². The summed E-state index contributed by atoms with van der Waals surface area (Å²) < 4.78 is 6.79. The van der Waals surface area contributed by atoms with Crippen molar-refractivity contribution in [3.05, 3.63) is 34.9 Å². The second-order valence-electron chi connectivity index (χ2n) is 3.65. The van der Waals surface area contributed by atoms with E-state index in [9.17, 15) is 0 Å². The molecule has 0 N–H and O–H groups in total. The molecule has 0 aliphatic carbocycles. The third-order valence-electron chi connectivity index (χ3n) is 2.43. The summed E-state index contributed by atoms with van der Waals surface area (Å²) in [5.74, 6) is 0.868. The summed E-state index contributed by atoms with van der Waals surface area (Å²) in [5, 5.41) is 1.09. The van der Waals surface area contributed by atoms with Crippen molar-refractivity contribution in [1.29, 1.82) is 0 Å². The van der Waals surface area contributed by atoms with E-state index in [0.29, 0.717) is 0 Å². The van der Waals surface area contributed by atoms with Crippen LogP contribution < -0.4 is 4.74 Å². The van der Waals surface area contributed by atoms with Crippen LogP contribution in [0.25, 0.3) is 10.9 Å². The van der Waals surface area contributed by atoms with Crippen molar-refractivity contribution in [1.82, 2.24) is 4.98 Å². The molecular weight excluding hydrogens is 266 g/mol. The number of aromatic nitrogens is 1. The van der Waals surface area contributed by atoms with Crippen LogP contribution in [0.5, 0.6) is 5.75 Å². The molecule has 0 unspecified atom stereocenters. The molecule has 16 heavy (non-hydrogen) atoms. The standard InChI is InChI=1S/C13H14BrNO/c1-2-3-9-16-12-7-6-11(14)10-5-4-8-15-13(10)12/h4-8H,2-3,9H2,1H3. The maximum Gasteiger partial charge on any atom is 0.145 e. The summed E-state index contributed by atoms with van der Waals surface area (Å²) in [5.41, 5.74) is 0.924. The molecule has 0 atom stereocenters. The minimum atomic E-state index is 0.754. The number of unbranched alkanes of at least 4 members (excludes halogenated alkanes) is 1. The first-order valence-corrected chi connectivity index (χ1v) is 6.28. The molecule has 0 spiro atoms. The number of pyridine rings is 1. The molecule has 3 heteroatoms. The SMILES string of the molecule is CCCCOc1ccc(Br)c2cccnc12. The van der Waals surface area contributed by atoms with Gasteiger partial charge >= 0.3 is 0 Å². The number of rotatable bonds is 4. The van der Waals surface area contributed by atoms with Crippen LogP contribution in [0.3, 0.4) is 0 Å². The third kappa shape index (κ3) is 2.35. The van der Waals surface area contributed by atoms with E-state index < -0.39 is 0 Å². The first-order chi connectivity index (χ1) is 7.83. The zero-order valence-corrected chi connectivity index (χ0v) is 10.8. The Balaban J connectivity index is 2.35. The first-order valence-electron chi connectivity index (χ1n) is 5.49. The second-order valence-corrected chi connectivity index (χ2v) is 4.50. The van der Waals surface area contributed by atoms with E-state index >= 15 is 0 Å². The maximum atomic E-state index is 5.73. The van der Waals surface area contributed by atoms with Crippen LogP contribution >= 0.6 is 15.9 Å². The van der Waals surface area contributed by atoms with Gasteiger partial charge in [0.15, 0.2) is 0 Å². The lowest BCUT2D eigenvalue weighted by Crippen LogP contribution is -1.97. The van der Waals surface area contributed by atoms with E-state index in [0.717, 1.165) is 40.6 Å². The highest BCUT2D eigenvalue weighted by molar-refractivity contribution is 9.10. The van der Waals surface area contributed by atoms with Crippen molar-refractivity contribution in [3.63, 3.8) is 0 Å². The van der Waals surface area contributed by atoms with Crippen LogP contribution in [0.1, 0.15) is 19.8 Å². The van der Waals surface area contributed by atoms with Gasteiger partial charge in [-0.15, -0.1) is 0 Å². The van der Waals surface area contributed by atoms with Gasteiger partial charge in [-0.2, -0.15) is 0 Å². The van der Waals surface area contributed by atoms with Gasteiger partial charge in [-0.25, -0.2) is 0 Å². The Kier molecular flexibility index (Phi) is 3.78. The molecule has 0 fully saturated rings. The summed E-state index contributed by atoms with van der Waals surface area (Å²) >= 11 is 3.52. The van der Waals surface area contributed by atoms with Gasteiger partial charge in [-0.1, -0.05) is 35.3 Å². The molecular formula is C13H14BrNO. The third-order valence-corrected chi connectivity index (χ3v) is 3.13. The minimum absolute atomic E-state index is 0.754. The first kappa shape index (κ1) is 11.4. The molecule has 0 saturated heterocycles. The molecule has 0 saturated carbocycles. The summed E-state index contributed by atoms with van der Waals surface area (Å²) in [6.07, 6.45) is 4.01. The van der Waals surface area contributed by atoms with Crippen LogP contribution in [0.15, 0.2) is 34.9 Å². The van der Waals surface area contributed by atoms with Gasteiger partial charge in [0.25, 0.3) is 0 Å². The van der Waals surface area contributed by atoms with Crippen LogP contribution in [-0.4, -0.2) is 11.6 Å². The molecule has 2 nitrogen and oxygen atoms in total. The van der Waals surface area contributed by atoms with Crippen molar-refractivity contribution < 1.29 is 4.74 Å². The Morgan fingerprint density at radius 3 is 3.00 bits per heavy atom. The van der Waals surface area contributed by atoms with E-state index in [2.05, 4.69) is 27.8 Å². The molecule has 1 aromatic carbocycles. The Bertz CT molecular complexity index is 484. The molecule has 0 aliphatic rings. The highest BCUT2D eigenvalue weighted by Crippen LogP contribution is 2.29. The number of benzene rings is 1. The second kappa shape index (κ2) is 5.30. The topological polar surface area (TPSA) is 22.1 Å². The largest absolute Gasteiger partial charge is 0.491 e. The fraction of sp³-hybridized carbons (Fsp3) is 0.308. The Morgan fingerprint density at radius 2 is 2.19 bits per heavy atom. The zero-order valence-electron chi connectivity index (χ0n) is 9.24. The van der Waals surface area contributed by atoms with Crippen LogP contribution in [-0.2, 0) is 0 Å². The van der Waals surface area contributed by atoms with Gasteiger partial charge in [-0.3, -0.25) is 4.98 Å². The Labute approximate surface area is 104 Å². The predicted molar refractivity (Wildman–Crippen MR) is 69.8 cm³/mol. The van der Waals surface area contributed by atoms with Crippen molar-refractivity contribution in [2.75, 3.05) is 6.61 Å². The van der Waals surface area contributed by atoms with E-state index in [4.69, 9.17) is 4.74 Å². The summed E-state index contributed by atoms with van der Waals surface area (Å²) in [7, 11) is 0. The van der Waals surface area contributed by atoms with E-state index in [1.165, 1.54) is 0 Å². The molecule has 84 valence electrons. The predicted octanol–water partition coefficient (Wildman–Crippen LogP) is 4.18. The Morgan fingerprint density at radius 1 is 1.31 bits per heavy atom. The van der Waals surface area contributed by atoms with Crippen LogP contribution in [0, 0.1) is 0 Å². The molecule has 0 aliphatic heterocycles. The lowest BCUT2D eigenvalue weighted by Gasteiger charge is -2.08. The van der Waals surface area contributed by atoms with Gasteiger partial charge < -0.3 is 4.74 Å². The van der Waals surface area contributed by atoms with Crippen LogP contribution in [0.4, 0.5) is 0 Å². The fourth-order valence-electron chi connectivity index (χ4n) is 1.55.